The predicted molar refractivity (Wildman–Crippen MR) is 131 cm³/mol. The van der Waals surface area contributed by atoms with Gasteiger partial charge in [-0.2, -0.15) is 5.10 Å². The quantitative estimate of drug-likeness (QED) is 0.398. The summed E-state index contributed by atoms with van der Waals surface area (Å²) >= 11 is 0. The number of anilines is 3. The standard InChI is InChI=1S/C26H26N6O/c1-2-5-23(33)18-7-3-6-17(12-18)21-14-22(26-27-10-11-32(26)30-21)28-24-8-4-9-25(29-24)31-15-19-13-20(19)16-31/h3-12,14,19-20,33H,2,13,15-16H2,1H3,(H,28,29)/b23-5+. The molecule has 0 amide bonds. The van der Waals surface area contributed by atoms with E-state index in [0.717, 1.165) is 71.1 Å². The van der Waals surface area contributed by atoms with Crippen LogP contribution in [0.15, 0.2) is 67.0 Å². The van der Waals surface area contributed by atoms with Gasteiger partial charge >= 0.3 is 0 Å². The van der Waals surface area contributed by atoms with E-state index in [4.69, 9.17) is 10.1 Å². The Bertz CT molecular complexity index is 1350. The van der Waals surface area contributed by atoms with E-state index in [-0.39, 0.29) is 5.76 Å². The average Bonchev–Trinajstić information content (AvgIpc) is 3.21. The van der Waals surface area contributed by atoms with Gasteiger partial charge in [-0.1, -0.05) is 31.2 Å². The van der Waals surface area contributed by atoms with E-state index in [0.29, 0.717) is 0 Å². The maximum atomic E-state index is 10.3. The minimum atomic E-state index is 0.280. The highest BCUT2D eigenvalue weighted by Crippen LogP contribution is 2.46. The third kappa shape index (κ3) is 3.80. The molecule has 2 unspecified atom stereocenters. The van der Waals surface area contributed by atoms with Crippen LogP contribution in [0.1, 0.15) is 25.3 Å². The van der Waals surface area contributed by atoms with E-state index in [9.17, 15) is 5.11 Å². The van der Waals surface area contributed by atoms with E-state index >= 15 is 0 Å². The van der Waals surface area contributed by atoms with E-state index in [2.05, 4.69) is 21.3 Å². The zero-order valence-corrected chi connectivity index (χ0v) is 18.5. The lowest BCUT2D eigenvalue weighted by molar-refractivity contribution is 0.509. The highest BCUT2D eigenvalue weighted by molar-refractivity contribution is 5.78. The van der Waals surface area contributed by atoms with Crippen molar-refractivity contribution in [2.24, 2.45) is 11.8 Å². The molecule has 2 fully saturated rings. The average molecular weight is 439 g/mol. The first-order valence-electron chi connectivity index (χ1n) is 11.5. The molecule has 7 nitrogen and oxygen atoms in total. The largest absolute Gasteiger partial charge is 0.508 e. The minimum absolute atomic E-state index is 0.280. The zero-order chi connectivity index (χ0) is 22.4. The number of piperidine rings is 1. The summed E-state index contributed by atoms with van der Waals surface area (Å²) in [5.74, 6) is 3.80. The molecule has 7 heteroatoms. The van der Waals surface area contributed by atoms with Crippen LogP contribution >= 0.6 is 0 Å². The molecule has 6 rings (SSSR count). The number of imidazole rings is 1. The first-order valence-corrected chi connectivity index (χ1v) is 11.5. The van der Waals surface area contributed by atoms with Crippen molar-refractivity contribution in [1.82, 2.24) is 19.6 Å². The normalized spacial score (nSPS) is 19.7. The molecule has 2 aliphatic rings. The summed E-state index contributed by atoms with van der Waals surface area (Å²) in [6, 6.07) is 15.9. The van der Waals surface area contributed by atoms with Crippen molar-refractivity contribution in [3.63, 3.8) is 0 Å². The second kappa shape index (κ2) is 7.92. The molecule has 1 saturated heterocycles. The third-order valence-corrected chi connectivity index (χ3v) is 6.51. The van der Waals surface area contributed by atoms with Crippen molar-refractivity contribution in [2.45, 2.75) is 19.8 Å². The molecule has 1 aliphatic carbocycles. The van der Waals surface area contributed by atoms with Crippen LogP contribution in [0.3, 0.4) is 0 Å². The lowest BCUT2D eigenvalue weighted by atomic mass is 10.1. The van der Waals surface area contributed by atoms with Gasteiger partial charge in [0, 0.05) is 36.6 Å². The van der Waals surface area contributed by atoms with Crippen LogP contribution in [-0.4, -0.2) is 37.8 Å². The Morgan fingerprint density at radius 3 is 2.85 bits per heavy atom. The van der Waals surface area contributed by atoms with Gasteiger partial charge in [0.05, 0.1) is 11.4 Å². The number of rotatable bonds is 6. The molecular weight excluding hydrogens is 412 g/mol. The lowest BCUT2D eigenvalue weighted by Gasteiger charge is -2.19. The Kier molecular flexibility index (Phi) is 4.75. The monoisotopic (exact) mass is 438 g/mol. The molecule has 33 heavy (non-hydrogen) atoms. The van der Waals surface area contributed by atoms with Gasteiger partial charge in [0.15, 0.2) is 5.65 Å². The fourth-order valence-corrected chi connectivity index (χ4v) is 4.69. The van der Waals surface area contributed by atoms with Crippen LogP contribution in [-0.2, 0) is 0 Å². The molecular formula is C26H26N6O. The number of fused-ring (bicyclic) bond motifs is 2. The summed E-state index contributed by atoms with van der Waals surface area (Å²) in [6.45, 7) is 4.23. The summed E-state index contributed by atoms with van der Waals surface area (Å²) in [7, 11) is 0. The number of hydrogen-bond donors (Lipinski definition) is 2. The molecule has 4 aromatic rings. The molecule has 1 aliphatic heterocycles. The Morgan fingerprint density at radius 2 is 2.00 bits per heavy atom. The number of allylic oxidation sites excluding steroid dienone is 1. The van der Waals surface area contributed by atoms with Crippen molar-refractivity contribution in [2.75, 3.05) is 23.3 Å². The zero-order valence-electron chi connectivity index (χ0n) is 18.5. The lowest BCUT2D eigenvalue weighted by Crippen LogP contribution is -2.22. The van der Waals surface area contributed by atoms with Crippen molar-refractivity contribution in [3.8, 4) is 11.3 Å². The first-order chi connectivity index (χ1) is 16.2. The topological polar surface area (TPSA) is 78.6 Å². The van der Waals surface area contributed by atoms with Gasteiger partial charge in [-0.05, 0) is 55.0 Å². The van der Waals surface area contributed by atoms with Gasteiger partial charge < -0.3 is 15.3 Å². The first kappa shape index (κ1) is 19.8. The fraction of sp³-hybridized carbons (Fsp3) is 0.269. The van der Waals surface area contributed by atoms with Crippen LogP contribution in [0.5, 0.6) is 0 Å². The van der Waals surface area contributed by atoms with Crippen molar-refractivity contribution in [1.29, 1.82) is 0 Å². The second-order valence-electron chi connectivity index (χ2n) is 8.88. The van der Waals surface area contributed by atoms with Crippen LogP contribution < -0.4 is 10.2 Å². The molecule has 1 saturated carbocycles. The van der Waals surface area contributed by atoms with Crippen LogP contribution in [0, 0.1) is 11.8 Å². The van der Waals surface area contributed by atoms with Crippen molar-refractivity contribution < 1.29 is 5.11 Å². The summed E-state index contributed by atoms with van der Waals surface area (Å²) in [6.07, 6.45) is 7.53. The second-order valence-corrected chi connectivity index (χ2v) is 8.88. The van der Waals surface area contributed by atoms with Gasteiger partial charge in [0.2, 0.25) is 0 Å². The van der Waals surface area contributed by atoms with E-state index in [1.165, 1.54) is 6.42 Å². The molecule has 0 bridgehead atoms. The van der Waals surface area contributed by atoms with Crippen LogP contribution in [0.4, 0.5) is 17.3 Å². The number of benzene rings is 1. The third-order valence-electron chi connectivity index (χ3n) is 6.51. The summed E-state index contributed by atoms with van der Waals surface area (Å²) in [4.78, 5) is 11.7. The molecule has 3 aromatic heterocycles. The molecule has 1 aromatic carbocycles. The maximum Gasteiger partial charge on any atom is 0.177 e. The van der Waals surface area contributed by atoms with E-state index in [1.54, 1.807) is 16.8 Å². The predicted octanol–water partition coefficient (Wildman–Crippen LogP) is 5.30. The molecule has 166 valence electrons. The van der Waals surface area contributed by atoms with Gasteiger partial charge in [-0.15, -0.1) is 0 Å². The van der Waals surface area contributed by atoms with Gasteiger partial charge in [-0.3, -0.25) is 0 Å². The van der Waals surface area contributed by atoms with Crippen molar-refractivity contribution in [3.05, 3.63) is 72.6 Å². The smallest absolute Gasteiger partial charge is 0.177 e. The Morgan fingerprint density at radius 1 is 1.15 bits per heavy atom. The number of aromatic nitrogens is 4. The highest BCUT2D eigenvalue weighted by atomic mass is 16.3. The molecule has 0 radical (unpaired) electrons. The number of hydrogen-bond acceptors (Lipinski definition) is 6. The molecule has 2 atom stereocenters. The maximum absolute atomic E-state index is 10.3. The van der Waals surface area contributed by atoms with E-state index < -0.39 is 0 Å². The van der Waals surface area contributed by atoms with Gasteiger partial charge in [-0.25, -0.2) is 14.5 Å². The SMILES string of the molecule is CC/C=C(/O)c1cccc(-c2cc(Nc3cccc(N4CC5CC5C4)n3)c3nccn3n2)c1. The Balaban J connectivity index is 1.34. The van der Waals surface area contributed by atoms with Crippen LogP contribution in [0.2, 0.25) is 0 Å². The Labute approximate surface area is 192 Å². The minimum Gasteiger partial charge on any atom is -0.508 e. The summed E-state index contributed by atoms with van der Waals surface area (Å²) in [5, 5.41) is 18.5. The number of aliphatic hydroxyl groups excluding tert-OH is 1. The Hall–Kier alpha value is -3.87. The molecule has 2 N–H and O–H groups in total. The number of aliphatic hydroxyl groups is 1. The highest BCUT2D eigenvalue weighted by Gasteiger charge is 2.45. The molecule has 0 spiro atoms. The number of pyridine rings is 1. The fourth-order valence-electron chi connectivity index (χ4n) is 4.69. The van der Waals surface area contributed by atoms with E-state index in [1.807, 2.05) is 55.6 Å². The van der Waals surface area contributed by atoms with Crippen molar-refractivity contribution >= 4 is 28.7 Å². The number of nitrogens with zero attached hydrogens (tertiary/aromatic N) is 5. The van der Waals surface area contributed by atoms with Gasteiger partial charge in [0.25, 0.3) is 0 Å². The van der Waals surface area contributed by atoms with Crippen LogP contribution in [0.25, 0.3) is 22.7 Å². The summed E-state index contributed by atoms with van der Waals surface area (Å²) < 4.78 is 1.77. The summed E-state index contributed by atoms with van der Waals surface area (Å²) in [5.41, 5.74) is 4.04. The molecule has 4 heterocycles. The number of nitrogens with one attached hydrogen (secondary N) is 1. The van der Waals surface area contributed by atoms with Gasteiger partial charge in [0.1, 0.15) is 17.4 Å².